The summed E-state index contributed by atoms with van der Waals surface area (Å²) in [7, 11) is 0. The fraction of sp³-hybridized carbons (Fsp3) is 0.519. The Labute approximate surface area is 202 Å². The normalized spacial score (nSPS) is 23.8. The molecule has 2 saturated heterocycles. The molecule has 3 heterocycles. The molecule has 3 aliphatic rings. The van der Waals surface area contributed by atoms with Gasteiger partial charge in [-0.2, -0.15) is 0 Å². The summed E-state index contributed by atoms with van der Waals surface area (Å²) < 4.78 is 5.88. The molecule has 2 aromatic rings. The number of hydrogen-bond donors (Lipinski definition) is 0. The van der Waals surface area contributed by atoms with Gasteiger partial charge in [-0.25, -0.2) is 0 Å². The minimum atomic E-state index is 0.287. The third-order valence-corrected chi connectivity index (χ3v) is 8.19. The maximum Gasteiger partial charge on any atom is 0.224 e. The van der Waals surface area contributed by atoms with Crippen molar-refractivity contribution >= 4 is 29.0 Å². The second-order valence-electron chi connectivity index (χ2n) is 9.74. The van der Waals surface area contributed by atoms with Crippen molar-refractivity contribution in [1.29, 1.82) is 0 Å². The van der Waals surface area contributed by atoms with Crippen molar-refractivity contribution in [3.05, 3.63) is 48.5 Å². The molecule has 2 aromatic carbocycles. The van der Waals surface area contributed by atoms with Crippen LogP contribution in [-0.4, -0.2) is 67.2 Å². The number of fused-ring (bicyclic) bond motifs is 2. The van der Waals surface area contributed by atoms with Gasteiger partial charge < -0.3 is 14.5 Å². The first kappa shape index (κ1) is 22.8. The molecule has 0 radical (unpaired) electrons. The largest absolute Gasteiger partial charge is 0.373 e. The molecule has 6 heteroatoms. The maximum atomic E-state index is 13.1. The van der Waals surface area contributed by atoms with Gasteiger partial charge >= 0.3 is 0 Å². The van der Waals surface area contributed by atoms with E-state index in [9.17, 15) is 4.79 Å². The molecule has 0 aromatic heterocycles. The molecule has 33 heavy (non-hydrogen) atoms. The average Bonchev–Trinajstić information content (AvgIpc) is 2.81. The number of nitrogens with zero attached hydrogens (tertiary/aromatic N) is 3. The summed E-state index contributed by atoms with van der Waals surface area (Å²) in [5, 5.41) is 0. The zero-order chi connectivity index (χ0) is 22.8. The average molecular weight is 466 g/mol. The van der Waals surface area contributed by atoms with Crippen molar-refractivity contribution in [3.8, 4) is 0 Å². The summed E-state index contributed by atoms with van der Waals surface area (Å²) in [6.07, 6.45) is 3.41. The molecule has 0 N–H and O–H groups in total. The van der Waals surface area contributed by atoms with Gasteiger partial charge in [0.1, 0.15) is 0 Å². The molecule has 5 nitrogen and oxygen atoms in total. The summed E-state index contributed by atoms with van der Waals surface area (Å²) in [5.74, 6) is 0.972. The van der Waals surface area contributed by atoms with Gasteiger partial charge in [0.25, 0.3) is 0 Å². The summed E-state index contributed by atoms with van der Waals surface area (Å²) in [6, 6.07) is 17.0. The van der Waals surface area contributed by atoms with Crippen molar-refractivity contribution in [2.24, 2.45) is 5.92 Å². The van der Waals surface area contributed by atoms with E-state index in [1.54, 1.807) is 0 Å². The van der Waals surface area contributed by atoms with Crippen LogP contribution in [0.2, 0.25) is 0 Å². The van der Waals surface area contributed by atoms with Gasteiger partial charge in [-0.05, 0) is 56.9 Å². The molecular weight excluding hydrogens is 430 g/mol. The van der Waals surface area contributed by atoms with Crippen LogP contribution < -0.4 is 4.90 Å². The molecule has 2 unspecified atom stereocenters. The molecule has 1 amide bonds. The molecule has 5 rings (SSSR count). The van der Waals surface area contributed by atoms with Crippen LogP contribution in [0.25, 0.3) is 0 Å². The highest BCUT2D eigenvalue weighted by Crippen LogP contribution is 2.47. The van der Waals surface area contributed by atoms with Crippen LogP contribution in [0.15, 0.2) is 58.3 Å². The Morgan fingerprint density at radius 3 is 2.12 bits per heavy atom. The van der Waals surface area contributed by atoms with Crippen LogP contribution in [0.5, 0.6) is 0 Å². The predicted octanol–water partition coefficient (Wildman–Crippen LogP) is 5.03. The fourth-order valence-electron chi connectivity index (χ4n) is 5.55. The molecule has 3 aliphatic heterocycles. The third kappa shape index (κ3) is 5.23. The van der Waals surface area contributed by atoms with Crippen LogP contribution in [-0.2, 0) is 9.53 Å². The maximum absolute atomic E-state index is 13.1. The molecule has 176 valence electrons. The van der Waals surface area contributed by atoms with E-state index < -0.39 is 0 Å². The van der Waals surface area contributed by atoms with E-state index in [2.05, 4.69) is 77.1 Å². The number of carbonyl (C=O) groups is 1. The van der Waals surface area contributed by atoms with Crippen LogP contribution in [0.1, 0.15) is 33.1 Å². The number of ether oxygens (including phenoxy) is 1. The molecule has 2 fully saturated rings. The SMILES string of the molecule is CC1CN(CC2CCN(C(=O)CCN3c4ccccc4Sc4ccccc43)CC2)CC(C)O1. The zero-order valence-electron chi connectivity index (χ0n) is 19.8. The third-order valence-electron chi connectivity index (χ3n) is 7.06. The van der Waals surface area contributed by atoms with Crippen LogP contribution in [0.4, 0.5) is 11.4 Å². The number of likely N-dealkylation sites (tertiary alicyclic amines) is 1. The Morgan fingerprint density at radius 2 is 1.52 bits per heavy atom. The lowest BCUT2D eigenvalue weighted by Gasteiger charge is -2.39. The summed E-state index contributed by atoms with van der Waals surface area (Å²) in [4.78, 5) is 22.6. The summed E-state index contributed by atoms with van der Waals surface area (Å²) in [5.41, 5.74) is 2.42. The Kier molecular flexibility index (Phi) is 6.95. The monoisotopic (exact) mass is 465 g/mol. The first-order chi connectivity index (χ1) is 16.1. The minimum Gasteiger partial charge on any atom is -0.373 e. The fourth-order valence-corrected chi connectivity index (χ4v) is 6.65. The van der Waals surface area contributed by atoms with Gasteiger partial charge in [0.2, 0.25) is 5.91 Å². The molecule has 2 atom stereocenters. The number of piperidine rings is 1. The van der Waals surface area contributed by atoms with E-state index in [4.69, 9.17) is 4.74 Å². The minimum absolute atomic E-state index is 0.287. The molecule has 0 aliphatic carbocycles. The second kappa shape index (κ2) is 10.1. The highest BCUT2D eigenvalue weighted by molar-refractivity contribution is 7.99. The number of anilines is 2. The Balaban J connectivity index is 1.15. The number of carbonyl (C=O) groups excluding carboxylic acids is 1. The summed E-state index contributed by atoms with van der Waals surface area (Å²) in [6.45, 7) is 10.0. The van der Waals surface area contributed by atoms with Crippen molar-refractivity contribution in [1.82, 2.24) is 9.80 Å². The topological polar surface area (TPSA) is 36.0 Å². The lowest BCUT2D eigenvalue weighted by Crippen LogP contribution is -2.48. The molecular formula is C27H35N3O2S. The van der Waals surface area contributed by atoms with Gasteiger partial charge in [0.05, 0.1) is 23.6 Å². The smallest absolute Gasteiger partial charge is 0.224 e. The van der Waals surface area contributed by atoms with Gasteiger partial charge in [-0.1, -0.05) is 36.0 Å². The first-order valence-electron chi connectivity index (χ1n) is 12.4. The number of morpholine rings is 1. The molecule has 0 saturated carbocycles. The number of rotatable bonds is 5. The Morgan fingerprint density at radius 1 is 0.939 bits per heavy atom. The van der Waals surface area contributed by atoms with Crippen molar-refractivity contribution in [3.63, 3.8) is 0 Å². The molecule has 0 bridgehead atoms. The number of para-hydroxylation sites is 2. The van der Waals surface area contributed by atoms with Gasteiger partial charge in [-0.15, -0.1) is 0 Å². The van der Waals surface area contributed by atoms with Crippen molar-refractivity contribution < 1.29 is 9.53 Å². The predicted molar refractivity (Wildman–Crippen MR) is 134 cm³/mol. The lowest BCUT2D eigenvalue weighted by molar-refractivity contribution is -0.132. The van der Waals surface area contributed by atoms with Gasteiger partial charge in [0.15, 0.2) is 0 Å². The highest BCUT2D eigenvalue weighted by Gasteiger charge is 2.29. The van der Waals surface area contributed by atoms with E-state index in [0.717, 1.165) is 52.1 Å². The second-order valence-corrected chi connectivity index (χ2v) is 10.8. The molecule has 0 spiro atoms. The lowest BCUT2D eigenvalue weighted by atomic mass is 9.95. The number of benzene rings is 2. The van der Waals surface area contributed by atoms with E-state index in [-0.39, 0.29) is 5.91 Å². The van der Waals surface area contributed by atoms with Gasteiger partial charge in [-0.3, -0.25) is 9.69 Å². The first-order valence-corrected chi connectivity index (χ1v) is 13.2. The number of hydrogen-bond acceptors (Lipinski definition) is 5. The van der Waals surface area contributed by atoms with Crippen LogP contribution in [0.3, 0.4) is 0 Å². The number of amides is 1. The van der Waals surface area contributed by atoms with Crippen LogP contribution >= 0.6 is 11.8 Å². The zero-order valence-corrected chi connectivity index (χ0v) is 20.6. The van der Waals surface area contributed by atoms with Crippen LogP contribution in [0, 0.1) is 5.92 Å². The Bertz CT molecular complexity index is 920. The summed E-state index contributed by atoms with van der Waals surface area (Å²) >= 11 is 1.81. The standard InChI is InChI=1S/C27H35N3O2S/c1-20-17-28(18-21(2)32-20)19-22-11-14-29(15-12-22)27(31)13-16-30-23-7-3-5-9-25(23)33-26-10-6-4-8-24(26)30/h3-10,20-22H,11-19H2,1-2H3. The quantitative estimate of drug-likeness (QED) is 0.619. The van der Waals surface area contributed by atoms with Crippen molar-refractivity contribution in [2.75, 3.05) is 44.2 Å². The van der Waals surface area contributed by atoms with E-state index >= 15 is 0 Å². The van der Waals surface area contributed by atoms with E-state index in [0.29, 0.717) is 24.5 Å². The van der Waals surface area contributed by atoms with E-state index in [1.165, 1.54) is 21.2 Å². The van der Waals surface area contributed by atoms with Crippen molar-refractivity contribution in [2.45, 2.75) is 55.1 Å². The Hall–Kier alpha value is -2.02. The van der Waals surface area contributed by atoms with E-state index in [1.807, 2.05) is 11.8 Å². The highest BCUT2D eigenvalue weighted by atomic mass is 32.2. The van der Waals surface area contributed by atoms with Gasteiger partial charge in [0, 0.05) is 55.5 Å².